The van der Waals surface area contributed by atoms with E-state index < -0.39 is 9.84 Å². The second kappa shape index (κ2) is 5.06. The summed E-state index contributed by atoms with van der Waals surface area (Å²) in [6.45, 7) is 3.85. The van der Waals surface area contributed by atoms with E-state index in [4.69, 9.17) is 0 Å². The second-order valence-corrected chi connectivity index (χ2v) is 5.70. The molecule has 1 aromatic rings. The summed E-state index contributed by atoms with van der Waals surface area (Å²) in [7, 11) is -2.91. The molecule has 15 heavy (non-hydrogen) atoms. The molecule has 0 saturated heterocycles. The largest absolute Gasteiger partial charge is 0.368 e. The molecule has 0 radical (unpaired) electrons. The zero-order valence-corrected chi connectivity index (χ0v) is 9.71. The Morgan fingerprint density at radius 1 is 1.33 bits per heavy atom. The summed E-state index contributed by atoms with van der Waals surface area (Å²) >= 11 is 0. The Morgan fingerprint density at radius 2 is 2.07 bits per heavy atom. The molecule has 0 fully saturated rings. The van der Waals surface area contributed by atoms with Gasteiger partial charge in [0.1, 0.15) is 5.82 Å². The third-order valence-corrected chi connectivity index (χ3v) is 3.66. The van der Waals surface area contributed by atoms with Crippen LogP contribution in [0.25, 0.3) is 0 Å². The zero-order valence-electron chi connectivity index (χ0n) is 8.90. The van der Waals surface area contributed by atoms with E-state index in [1.807, 2.05) is 13.0 Å². The van der Waals surface area contributed by atoms with E-state index in [1.165, 1.54) is 0 Å². The highest BCUT2D eigenvalue weighted by Crippen LogP contribution is 2.00. The number of nitrogens with zero attached hydrogens (tertiary/aromatic N) is 2. The van der Waals surface area contributed by atoms with Gasteiger partial charge in [0.25, 0.3) is 0 Å². The van der Waals surface area contributed by atoms with E-state index in [-0.39, 0.29) is 11.5 Å². The third-order valence-electron chi connectivity index (χ3n) is 1.96. The summed E-state index contributed by atoms with van der Waals surface area (Å²) in [5, 5.41) is 10.6. The number of anilines is 1. The molecule has 6 heteroatoms. The van der Waals surface area contributed by atoms with Crippen LogP contribution < -0.4 is 5.32 Å². The van der Waals surface area contributed by atoms with Crippen molar-refractivity contribution in [3.8, 4) is 0 Å². The van der Waals surface area contributed by atoms with Crippen molar-refractivity contribution < 1.29 is 8.42 Å². The lowest BCUT2D eigenvalue weighted by Crippen LogP contribution is -2.17. The van der Waals surface area contributed by atoms with Crippen LogP contribution in [0.1, 0.15) is 12.6 Å². The number of rotatable bonds is 5. The monoisotopic (exact) mass is 229 g/mol. The quantitative estimate of drug-likeness (QED) is 0.802. The fourth-order valence-corrected chi connectivity index (χ4v) is 1.67. The van der Waals surface area contributed by atoms with E-state index >= 15 is 0 Å². The molecule has 0 amide bonds. The average Bonchev–Trinajstić information content (AvgIpc) is 2.21. The number of sulfone groups is 1. The molecule has 0 atom stereocenters. The second-order valence-electron chi connectivity index (χ2n) is 3.22. The Balaban J connectivity index is 2.42. The van der Waals surface area contributed by atoms with Gasteiger partial charge in [-0.3, -0.25) is 0 Å². The number of hydrogen-bond donors (Lipinski definition) is 1. The number of hydrogen-bond acceptors (Lipinski definition) is 5. The predicted molar refractivity (Wildman–Crippen MR) is 59.6 cm³/mol. The summed E-state index contributed by atoms with van der Waals surface area (Å²) in [6.07, 6.45) is 0. The number of nitrogens with one attached hydrogen (secondary N) is 1. The highest BCUT2D eigenvalue weighted by molar-refractivity contribution is 7.91. The molecule has 0 unspecified atom stereocenters. The SMILES string of the molecule is CCS(=O)(=O)CCNc1ccc(C)nn1. The smallest absolute Gasteiger partial charge is 0.151 e. The Hall–Kier alpha value is -1.17. The fraction of sp³-hybridized carbons (Fsp3) is 0.556. The minimum Gasteiger partial charge on any atom is -0.368 e. The molecule has 0 saturated carbocycles. The van der Waals surface area contributed by atoms with Crippen molar-refractivity contribution in [2.75, 3.05) is 23.4 Å². The lowest BCUT2D eigenvalue weighted by atomic mass is 10.4. The Labute approximate surface area is 89.8 Å². The highest BCUT2D eigenvalue weighted by Gasteiger charge is 2.06. The van der Waals surface area contributed by atoms with E-state index in [0.29, 0.717) is 12.4 Å². The van der Waals surface area contributed by atoms with Gasteiger partial charge in [0.2, 0.25) is 0 Å². The van der Waals surface area contributed by atoms with Crippen LogP contribution in [-0.2, 0) is 9.84 Å². The average molecular weight is 229 g/mol. The van der Waals surface area contributed by atoms with Gasteiger partial charge in [0.05, 0.1) is 11.4 Å². The third kappa shape index (κ3) is 4.24. The molecule has 5 nitrogen and oxygen atoms in total. The number of aromatic nitrogens is 2. The topological polar surface area (TPSA) is 72.0 Å². The van der Waals surface area contributed by atoms with Crippen molar-refractivity contribution in [3.05, 3.63) is 17.8 Å². The van der Waals surface area contributed by atoms with Crippen LogP contribution in [0.15, 0.2) is 12.1 Å². The highest BCUT2D eigenvalue weighted by atomic mass is 32.2. The van der Waals surface area contributed by atoms with Crippen LogP contribution in [0, 0.1) is 6.92 Å². The summed E-state index contributed by atoms with van der Waals surface area (Å²) in [6, 6.07) is 3.60. The molecule has 1 N–H and O–H groups in total. The standard InChI is InChI=1S/C9H15N3O2S/c1-3-15(13,14)7-6-10-9-5-4-8(2)11-12-9/h4-5H,3,6-7H2,1-2H3,(H,10,12). The first-order chi connectivity index (χ1) is 7.03. The lowest BCUT2D eigenvalue weighted by Gasteiger charge is -2.04. The van der Waals surface area contributed by atoms with Crippen molar-refractivity contribution >= 4 is 15.7 Å². The molecule has 84 valence electrons. The van der Waals surface area contributed by atoms with Gasteiger partial charge in [-0.2, -0.15) is 5.10 Å². The Morgan fingerprint density at radius 3 is 2.60 bits per heavy atom. The van der Waals surface area contributed by atoms with E-state index in [0.717, 1.165) is 5.69 Å². The molecule has 0 bridgehead atoms. The van der Waals surface area contributed by atoms with Gasteiger partial charge < -0.3 is 5.32 Å². The summed E-state index contributed by atoms with van der Waals surface area (Å²) in [5.41, 5.74) is 0.835. The molecule has 1 rings (SSSR count). The molecule has 0 spiro atoms. The predicted octanol–water partition coefficient (Wildman–Crippen LogP) is 0.632. The molecular formula is C9H15N3O2S. The van der Waals surface area contributed by atoms with Gasteiger partial charge in [0.15, 0.2) is 9.84 Å². The zero-order chi connectivity index (χ0) is 11.3. The van der Waals surface area contributed by atoms with Gasteiger partial charge in [0, 0.05) is 12.3 Å². The first-order valence-electron chi connectivity index (χ1n) is 4.78. The van der Waals surface area contributed by atoms with Crippen molar-refractivity contribution in [3.63, 3.8) is 0 Å². The summed E-state index contributed by atoms with van der Waals surface area (Å²) < 4.78 is 22.3. The molecule has 0 aliphatic rings. The van der Waals surface area contributed by atoms with Gasteiger partial charge in [-0.25, -0.2) is 8.42 Å². The lowest BCUT2D eigenvalue weighted by molar-refractivity contribution is 0.597. The maximum absolute atomic E-state index is 11.2. The van der Waals surface area contributed by atoms with Gasteiger partial charge in [-0.05, 0) is 19.1 Å². The Bertz CT molecular complexity index is 400. The van der Waals surface area contributed by atoms with Crippen LogP contribution >= 0.6 is 0 Å². The van der Waals surface area contributed by atoms with Gasteiger partial charge >= 0.3 is 0 Å². The summed E-state index contributed by atoms with van der Waals surface area (Å²) in [5.74, 6) is 0.903. The van der Waals surface area contributed by atoms with Crippen LogP contribution in [0.2, 0.25) is 0 Å². The molecule has 0 aromatic carbocycles. The first-order valence-corrected chi connectivity index (χ1v) is 6.60. The van der Waals surface area contributed by atoms with Crippen LogP contribution in [0.3, 0.4) is 0 Å². The minimum absolute atomic E-state index is 0.124. The van der Waals surface area contributed by atoms with Crippen LogP contribution in [0.4, 0.5) is 5.82 Å². The van der Waals surface area contributed by atoms with Gasteiger partial charge in [-0.15, -0.1) is 5.10 Å². The molecule has 1 aromatic heterocycles. The normalized spacial score (nSPS) is 11.3. The van der Waals surface area contributed by atoms with Crippen molar-refractivity contribution in [2.24, 2.45) is 0 Å². The van der Waals surface area contributed by atoms with Crippen molar-refractivity contribution in [1.29, 1.82) is 0 Å². The van der Waals surface area contributed by atoms with E-state index in [1.54, 1.807) is 13.0 Å². The maximum atomic E-state index is 11.2. The van der Waals surface area contributed by atoms with Crippen molar-refractivity contribution in [2.45, 2.75) is 13.8 Å². The fourth-order valence-electron chi connectivity index (χ4n) is 0.972. The van der Waals surface area contributed by atoms with Crippen molar-refractivity contribution in [1.82, 2.24) is 10.2 Å². The molecular weight excluding hydrogens is 214 g/mol. The van der Waals surface area contributed by atoms with Crippen LogP contribution in [-0.4, -0.2) is 36.7 Å². The molecule has 0 aliphatic carbocycles. The van der Waals surface area contributed by atoms with Crippen LogP contribution in [0.5, 0.6) is 0 Å². The van der Waals surface area contributed by atoms with E-state index in [9.17, 15) is 8.42 Å². The number of aryl methyl sites for hydroxylation is 1. The Kier molecular flexibility index (Phi) is 4.02. The summed E-state index contributed by atoms with van der Waals surface area (Å²) in [4.78, 5) is 0. The molecule has 0 aliphatic heterocycles. The minimum atomic E-state index is -2.91. The maximum Gasteiger partial charge on any atom is 0.151 e. The van der Waals surface area contributed by atoms with E-state index in [2.05, 4.69) is 15.5 Å². The molecule has 1 heterocycles. The first kappa shape index (κ1) is 11.9. The van der Waals surface area contributed by atoms with Gasteiger partial charge in [-0.1, -0.05) is 6.92 Å².